The first kappa shape index (κ1) is 7.80. The van der Waals surface area contributed by atoms with Crippen LogP contribution in [0.25, 0.3) is 0 Å². The smallest absolute Gasteiger partial charge is 0.395 e. The fraction of sp³-hybridized carbons (Fsp3) is 0.125. The second-order valence-corrected chi connectivity index (χ2v) is 2.41. The Morgan fingerprint density at radius 2 is 2.08 bits per heavy atom. The van der Waals surface area contributed by atoms with Gasteiger partial charge in [0.25, 0.3) is 0 Å². The van der Waals surface area contributed by atoms with Crippen LogP contribution >= 0.6 is 0 Å². The minimum atomic E-state index is -3.66. The highest BCUT2D eigenvalue weighted by Crippen LogP contribution is 2.42. The molecule has 1 heterocycles. The zero-order chi connectivity index (χ0) is 9.47. The average Bonchev–Trinajstić information content (AvgIpc) is 2.37. The maximum Gasteiger partial charge on any atom is 0.586 e. The Morgan fingerprint density at radius 3 is 2.77 bits per heavy atom. The molecule has 3 nitrogen and oxygen atoms in total. The number of ether oxygens (including phenoxy) is 2. The normalized spacial score (nSPS) is 16.7. The lowest BCUT2D eigenvalue weighted by Gasteiger charge is -2.04. The van der Waals surface area contributed by atoms with Gasteiger partial charge in [0.1, 0.15) is 6.07 Å². The predicted molar refractivity (Wildman–Crippen MR) is 37.4 cm³/mol. The molecule has 0 N–H and O–H groups in total. The van der Waals surface area contributed by atoms with E-state index in [0.717, 1.165) is 0 Å². The van der Waals surface area contributed by atoms with Crippen molar-refractivity contribution in [2.24, 2.45) is 0 Å². The molecule has 0 amide bonds. The molecule has 0 atom stereocenters. The van der Waals surface area contributed by atoms with Gasteiger partial charge in [0.2, 0.25) is 0 Å². The molecule has 0 unspecified atom stereocenters. The van der Waals surface area contributed by atoms with Gasteiger partial charge in [0, 0.05) is 0 Å². The first-order valence-corrected chi connectivity index (χ1v) is 3.41. The predicted octanol–water partition coefficient (Wildman–Crippen LogP) is 1.88. The summed E-state index contributed by atoms with van der Waals surface area (Å²) in [5.74, 6) is -0.306. The van der Waals surface area contributed by atoms with Crippen LogP contribution < -0.4 is 9.47 Å². The van der Waals surface area contributed by atoms with E-state index in [-0.39, 0.29) is 17.1 Å². The van der Waals surface area contributed by atoms with Gasteiger partial charge in [0.15, 0.2) is 11.5 Å². The topological polar surface area (TPSA) is 42.2 Å². The zero-order valence-electron chi connectivity index (χ0n) is 6.25. The molecule has 1 aliphatic heterocycles. The van der Waals surface area contributed by atoms with Crippen LogP contribution in [0.1, 0.15) is 5.56 Å². The Hall–Kier alpha value is -1.83. The first-order chi connectivity index (χ1) is 6.12. The second-order valence-electron chi connectivity index (χ2n) is 2.41. The Kier molecular flexibility index (Phi) is 1.40. The quantitative estimate of drug-likeness (QED) is 0.616. The van der Waals surface area contributed by atoms with Gasteiger partial charge in [0.05, 0.1) is 5.56 Å². The molecule has 0 radical (unpaired) electrons. The molecule has 5 heteroatoms. The van der Waals surface area contributed by atoms with E-state index in [1.165, 1.54) is 18.2 Å². The summed E-state index contributed by atoms with van der Waals surface area (Å²) in [6.07, 6.45) is -3.66. The van der Waals surface area contributed by atoms with Crippen molar-refractivity contribution in [3.05, 3.63) is 23.8 Å². The summed E-state index contributed by atoms with van der Waals surface area (Å²) < 4.78 is 33.3. The highest BCUT2D eigenvalue weighted by Gasteiger charge is 2.44. The summed E-state index contributed by atoms with van der Waals surface area (Å²) in [5, 5.41) is 8.54. The molecule has 2 rings (SSSR count). The molecule has 0 fully saturated rings. The zero-order valence-corrected chi connectivity index (χ0v) is 6.25. The van der Waals surface area contributed by atoms with E-state index in [4.69, 9.17) is 5.26 Å². The number of fused-ring (bicyclic) bond motifs is 1. The molecule has 0 saturated carbocycles. The largest absolute Gasteiger partial charge is 0.586 e. The molecule has 0 aromatic heterocycles. The third-order valence-electron chi connectivity index (χ3n) is 1.55. The van der Waals surface area contributed by atoms with E-state index in [1.54, 1.807) is 6.07 Å². The Bertz CT molecular complexity index is 398. The van der Waals surface area contributed by atoms with Crippen molar-refractivity contribution >= 4 is 0 Å². The summed E-state index contributed by atoms with van der Waals surface area (Å²) in [4.78, 5) is 0. The van der Waals surface area contributed by atoms with Crippen molar-refractivity contribution in [2.45, 2.75) is 6.29 Å². The van der Waals surface area contributed by atoms with Crippen LogP contribution in [-0.4, -0.2) is 6.29 Å². The van der Waals surface area contributed by atoms with Crippen LogP contribution in [0.15, 0.2) is 18.2 Å². The average molecular weight is 183 g/mol. The Labute approximate surface area is 72.1 Å². The van der Waals surface area contributed by atoms with E-state index in [1.807, 2.05) is 0 Å². The standard InChI is InChI=1S/C8H3F2NO2/c9-8(10)12-6-3-1-2-5(4-11)7(6)13-8/h1-3H. The minimum absolute atomic E-state index is 0.0367. The number of nitrogens with zero attached hydrogens (tertiary/aromatic N) is 1. The molecule has 66 valence electrons. The number of para-hydroxylation sites is 1. The summed E-state index contributed by atoms with van der Waals surface area (Å²) in [6.45, 7) is 0. The molecular weight excluding hydrogens is 180 g/mol. The summed E-state index contributed by atoms with van der Waals surface area (Å²) in [5.41, 5.74) is 0.0367. The summed E-state index contributed by atoms with van der Waals surface area (Å²) in [6, 6.07) is 5.87. The number of alkyl halides is 2. The second kappa shape index (κ2) is 2.33. The lowest BCUT2D eigenvalue weighted by atomic mass is 10.2. The van der Waals surface area contributed by atoms with E-state index in [0.29, 0.717) is 0 Å². The summed E-state index contributed by atoms with van der Waals surface area (Å²) in [7, 11) is 0. The number of hydrogen-bond acceptors (Lipinski definition) is 3. The van der Waals surface area contributed by atoms with Crippen LogP contribution in [-0.2, 0) is 0 Å². The molecule has 13 heavy (non-hydrogen) atoms. The maximum absolute atomic E-state index is 12.5. The van der Waals surface area contributed by atoms with E-state index in [9.17, 15) is 8.78 Å². The van der Waals surface area contributed by atoms with E-state index < -0.39 is 6.29 Å². The molecular formula is C8H3F2NO2. The highest BCUT2D eigenvalue weighted by molar-refractivity contribution is 5.53. The molecule has 1 aromatic carbocycles. The maximum atomic E-state index is 12.5. The lowest BCUT2D eigenvalue weighted by molar-refractivity contribution is -0.286. The number of rotatable bonds is 0. The fourth-order valence-corrected chi connectivity index (χ4v) is 1.06. The number of halogens is 2. The van der Waals surface area contributed by atoms with E-state index >= 15 is 0 Å². The van der Waals surface area contributed by atoms with Gasteiger partial charge in [-0.15, -0.1) is 8.78 Å². The first-order valence-electron chi connectivity index (χ1n) is 3.41. The number of hydrogen-bond donors (Lipinski definition) is 0. The van der Waals surface area contributed by atoms with Crippen molar-refractivity contribution in [3.8, 4) is 17.6 Å². The van der Waals surface area contributed by atoms with Crippen LogP contribution in [0.5, 0.6) is 11.5 Å². The highest BCUT2D eigenvalue weighted by atomic mass is 19.3. The van der Waals surface area contributed by atoms with Crippen molar-refractivity contribution in [1.29, 1.82) is 5.26 Å². The van der Waals surface area contributed by atoms with Crippen LogP contribution in [0.2, 0.25) is 0 Å². The molecule has 0 saturated heterocycles. The fourth-order valence-electron chi connectivity index (χ4n) is 1.06. The Balaban J connectivity index is 2.53. The van der Waals surface area contributed by atoms with Gasteiger partial charge in [-0.05, 0) is 12.1 Å². The van der Waals surface area contributed by atoms with Crippen molar-refractivity contribution in [3.63, 3.8) is 0 Å². The van der Waals surface area contributed by atoms with Crippen molar-refractivity contribution < 1.29 is 18.3 Å². The monoisotopic (exact) mass is 183 g/mol. The van der Waals surface area contributed by atoms with Crippen LogP contribution in [0.3, 0.4) is 0 Å². The van der Waals surface area contributed by atoms with Gasteiger partial charge >= 0.3 is 6.29 Å². The molecule has 1 aromatic rings. The van der Waals surface area contributed by atoms with Crippen molar-refractivity contribution in [2.75, 3.05) is 0 Å². The van der Waals surface area contributed by atoms with Gasteiger partial charge in [-0.1, -0.05) is 6.07 Å². The van der Waals surface area contributed by atoms with Crippen LogP contribution in [0, 0.1) is 11.3 Å². The third kappa shape index (κ3) is 1.16. The molecule has 0 spiro atoms. The van der Waals surface area contributed by atoms with Crippen molar-refractivity contribution in [1.82, 2.24) is 0 Å². The van der Waals surface area contributed by atoms with E-state index in [2.05, 4.69) is 9.47 Å². The molecule has 0 aliphatic carbocycles. The third-order valence-corrected chi connectivity index (χ3v) is 1.55. The van der Waals surface area contributed by atoms with Gasteiger partial charge in [-0.2, -0.15) is 5.26 Å². The summed E-state index contributed by atoms with van der Waals surface area (Å²) >= 11 is 0. The van der Waals surface area contributed by atoms with Gasteiger partial charge in [-0.3, -0.25) is 0 Å². The molecule has 0 bridgehead atoms. The minimum Gasteiger partial charge on any atom is -0.395 e. The van der Waals surface area contributed by atoms with Gasteiger partial charge in [-0.25, -0.2) is 0 Å². The van der Waals surface area contributed by atoms with Gasteiger partial charge < -0.3 is 9.47 Å². The number of benzene rings is 1. The Morgan fingerprint density at radius 1 is 1.31 bits per heavy atom. The SMILES string of the molecule is N#Cc1cccc2c1OC(F)(F)O2. The lowest BCUT2D eigenvalue weighted by Crippen LogP contribution is -2.26. The number of nitriles is 1. The molecule has 1 aliphatic rings. The van der Waals surface area contributed by atoms with Crippen LogP contribution in [0.4, 0.5) is 8.78 Å².